The van der Waals surface area contributed by atoms with Crippen molar-refractivity contribution in [3.63, 3.8) is 0 Å². The molecule has 0 spiro atoms. The molecule has 0 aliphatic carbocycles. The third-order valence-corrected chi connectivity index (χ3v) is 5.61. The molecule has 0 aliphatic rings. The van der Waals surface area contributed by atoms with Gasteiger partial charge in [0.2, 0.25) is 0 Å². The van der Waals surface area contributed by atoms with Crippen molar-refractivity contribution in [1.29, 1.82) is 0 Å². The van der Waals surface area contributed by atoms with Crippen LogP contribution >= 0.6 is 0 Å². The molecule has 0 rings (SSSR count). The lowest BCUT2D eigenvalue weighted by atomic mass is 9.91. The standard InChI is InChI=1S/C15H14F17NO4S/c1-7(2,3)37-6(34)5-33(4)38(35,36)15(31,32)13(26,27)11(22,23)9(18,19)8(16,17)10(20,21)12(24,25)14(28,29)30/h5H2,1-4H3/i4D3. The van der Waals surface area contributed by atoms with Crippen molar-refractivity contribution in [3.05, 3.63) is 0 Å². The third kappa shape index (κ3) is 5.19. The Kier molecular flexibility index (Phi) is 7.59. The minimum Gasteiger partial charge on any atom is -0.459 e. The van der Waals surface area contributed by atoms with Crippen molar-refractivity contribution < 1.29 is 96.7 Å². The number of halogens is 17. The number of esters is 1. The summed E-state index contributed by atoms with van der Waals surface area (Å²) in [5.41, 5.74) is -1.74. The zero-order valence-electron chi connectivity index (χ0n) is 21.1. The summed E-state index contributed by atoms with van der Waals surface area (Å²) in [4.78, 5) is 11.7. The Morgan fingerprint density at radius 1 is 0.658 bits per heavy atom. The van der Waals surface area contributed by atoms with E-state index < -0.39 is 86.4 Å². The Bertz CT molecular complexity index is 1100. The van der Waals surface area contributed by atoms with E-state index in [1.807, 2.05) is 0 Å². The maximum atomic E-state index is 14.3. The van der Waals surface area contributed by atoms with Crippen LogP contribution in [0.1, 0.15) is 24.9 Å². The number of alkyl halides is 17. The Balaban J connectivity index is 7.20. The van der Waals surface area contributed by atoms with E-state index in [4.69, 9.17) is 4.11 Å². The zero-order chi connectivity index (χ0) is 34.1. The topological polar surface area (TPSA) is 63.7 Å². The van der Waals surface area contributed by atoms with Crippen LogP contribution in [0.2, 0.25) is 0 Å². The minimum atomic E-state index is -9.09. The molecule has 0 fully saturated rings. The van der Waals surface area contributed by atoms with E-state index in [1.54, 1.807) is 0 Å². The van der Waals surface area contributed by atoms with Crippen LogP contribution in [0.25, 0.3) is 0 Å². The predicted octanol–water partition coefficient (Wildman–Crippen LogP) is 5.56. The van der Waals surface area contributed by atoms with Crippen molar-refractivity contribution in [2.45, 2.75) is 73.3 Å². The molecule has 23 heteroatoms. The van der Waals surface area contributed by atoms with Crippen molar-refractivity contribution in [2.75, 3.05) is 13.5 Å². The third-order valence-electron chi connectivity index (χ3n) is 4.00. The van der Waals surface area contributed by atoms with Crippen LogP contribution < -0.4 is 0 Å². The number of sulfonamides is 1. The van der Waals surface area contributed by atoms with Gasteiger partial charge in [-0.3, -0.25) is 4.79 Å². The van der Waals surface area contributed by atoms with E-state index >= 15 is 0 Å². The number of hydrogen-bond acceptors (Lipinski definition) is 4. The van der Waals surface area contributed by atoms with E-state index in [0.717, 1.165) is 20.8 Å². The van der Waals surface area contributed by atoms with Crippen LogP contribution in [0, 0.1) is 0 Å². The highest BCUT2D eigenvalue weighted by Crippen LogP contribution is 2.64. The normalized spacial score (nSPS) is 17.7. The van der Waals surface area contributed by atoms with Crippen molar-refractivity contribution in [1.82, 2.24) is 4.31 Å². The average Bonchev–Trinajstić information content (AvgIpc) is 2.67. The first-order chi connectivity index (χ1) is 17.2. The summed E-state index contributed by atoms with van der Waals surface area (Å²) in [7, 11) is -8.23. The molecule has 0 radical (unpaired) electrons. The molecule has 0 aliphatic heterocycles. The second-order valence-corrected chi connectivity index (χ2v) is 9.96. The number of carbonyl (C=O) groups excluding carboxylic acids is 1. The molecule has 0 unspecified atom stereocenters. The average molecular weight is 630 g/mol. The smallest absolute Gasteiger partial charge is 0.459 e. The van der Waals surface area contributed by atoms with Gasteiger partial charge in [0.15, 0.2) is 0 Å². The molecule has 0 aromatic heterocycles. The first kappa shape index (κ1) is 30.7. The Morgan fingerprint density at radius 3 is 1.26 bits per heavy atom. The molecule has 0 saturated carbocycles. The van der Waals surface area contributed by atoms with E-state index in [0.29, 0.717) is 0 Å². The zero-order valence-corrected chi connectivity index (χ0v) is 18.9. The van der Waals surface area contributed by atoms with Gasteiger partial charge in [-0.15, -0.1) is 0 Å². The van der Waals surface area contributed by atoms with Crippen LogP contribution in [0.5, 0.6) is 0 Å². The summed E-state index contributed by atoms with van der Waals surface area (Å²) in [5.74, 6) is -55.3. The number of hydrogen-bond donors (Lipinski definition) is 0. The van der Waals surface area contributed by atoms with Crippen molar-refractivity contribution in [2.24, 2.45) is 0 Å². The van der Waals surface area contributed by atoms with Gasteiger partial charge in [0.1, 0.15) is 12.1 Å². The van der Waals surface area contributed by atoms with Gasteiger partial charge >= 0.3 is 52.9 Å². The summed E-state index contributed by atoms with van der Waals surface area (Å²) >= 11 is 0. The predicted molar refractivity (Wildman–Crippen MR) is 88.1 cm³/mol. The molecule has 0 saturated heterocycles. The van der Waals surface area contributed by atoms with Crippen LogP contribution in [-0.4, -0.2) is 84.8 Å². The Hall–Kier alpha value is -1.81. The molecule has 0 heterocycles. The highest BCUT2D eigenvalue weighted by molar-refractivity contribution is 7.90. The summed E-state index contributed by atoms with van der Waals surface area (Å²) in [5, 5.41) is -8.14. The van der Waals surface area contributed by atoms with Gasteiger partial charge < -0.3 is 4.74 Å². The molecule has 0 bridgehead atoms. The highest BCUT2D eigenvalue weighted by atomic mass is 32.2. The minimum absolute atomic E-state index is 0.947. The van der Waals surface area contributed by atoms with Crippen LogP contribution in [0.4, 0.5) is 74.6 Å². The fraction of sp³-hybridized carbons (Fsp3) is 0.933. The number of likely N-dealkylation sites (N-methyl/N-ethyl adjacent to an activating group) is 1. The summed E-state index contributed by atoms with van der Waals surface area (Å²) in [6, 6.07) is 0. The SMILES string of the molecule is [2H]C([2H])([2H])N(CC(=O)OC(C)(C)C)S(=O)(=O)C(F)(F)C(F)(F)C(F)(F)C(F)(F)C(F)(F)C(F)(F)C(F)(F)C(F)(F)F. The maximum absolute atomic E-state index is 14.3. The summed E-state index contributed by atoms with van der Waals surface area (Å²) < 4.78 is 274. The molecule has 0 atom stereocenters. The molecule has 0 aromatic carbocycles. The van der Waals surface area contributed by atoms with Gasteiger partial charge in [0.05, 0.1) is 0 Å². The van der Waals surface area contributed by atoms with Crippen LogP contribution in [0.3, 0.4) is 0 Å². The highest BCUT2D eigenvalue weighted by Gasteiger charge is 2.96. The fourth-order valence-electron chi connectivity index (χ4n) is 2.03. The quantitative estimate of drug-likeness (QED) is 0.235. The lowest BCUT2D eigenvalue weighted by molar-refractivity contribution is -0.458. The lowest BCUT2D eigenvalue weighted by Gasteiger charge is -2.42. The lowest BCUT2D eigenvalue weighted by Crippen LogP contribution is -2.75. The molecule has 0 N–H and O–H groups in total. The molecule has 0 aromatic rings. The van der Waals surface area contributed by atoms with Crippen LogP contribution in [0.15, 0.2) is 0 Å². The first-order valence-electron chi connectivity index (χ1n) is 10.2. The fourth-order valence-corrected chi connectivity index (χ4v) is 3.03. The Labute approximate surface area is 205 Å². The second-order valence-electron chi connectivity index (χ2n) is 8.06. The summed E-state index contributed by atoms with van der Waals surface area (Å²) in [6.07, 6.45) is -7.98. The summed E-state index contributed by atoms with van der Waals surface area (Å²) in [6.45, 7) is -4.59. The van der Waals surface area contributed by atoms with Crippen LogP contribution in [-0.2, 0) is 19.6 Å². The van der Waals surface area contributed by atoms with E-state index in [-0.39, 0.29) is 0 Å². The van der Waals surface area contributed by atoms with Crippen molar-refractivity contribution >= 4 is 16.0 Å². The molecule has 0 amide bonds. The van der Waals surface area contributed by atoms with E-state index in [9.17, 15) is 87.8 Å². The van der Waals surface area contributed by atoms with Gasteiger partial charge in [-0.25, -0.2) is 8.42 Å². The van der Waals surface area contributed by atoms with E-state index in [1.165, 1.54) is 0 Å². The Morgan fingerprint density at radius 2 is 0.974 bits per heavy atom. The van der Waals surface area contributed by atoms with E-state index in [2.05, 4.69) is 4.74 Å². The van der Waals surface area contributed by atoms with Gasteiger partial charge in [-0.2, -0.15) is 78.9 Å². The first-order valence-corrected chi connectivity index (χ1v) is 10.1. The van der Waals surface area contributed by atoms with Gasteiger partial charge in [-0.05, 0) is 20.8 Å². The number of carbonyl (C=O) groups is 1. The number of nitrogens with zero attached hydrogens (tertiary/aromatic N) is 1. The largest absolute Gasteiger partial charge is 0.460 e. The monoisotopic (exact) mass is 630 g/mol. The second kappa shape index (κ2) is 9.39. The van der Waals surface area contributed by atoms with Gasteiger partial charge in [-0.1, -0.05) is 0 Å². The molecule has 5 nitrogen and oxygen atoms in total. The molecular formula is C15H14F17NO4S. The van der Waals surface area contributed by atoms with Crippen molar-refractivity contribution in [3.8, 4) is 0 Å². The molecular weight excluding hydrogens is 613 g/mol. The number of rotatable bonds is 10. The van der Waals surface area contributed by atoms with Gasteiger partial charge in [0.25, 0.3) is 10.0 Å². The maximum Gasteiger partial charge on any atom is 0.460 e. The molecule has 228 valence electrons. The number of ether oxygens (including phenoxy) is 1. The van der Waals surface area contributed by atoms with Gasteiger partial charge in [0, 0.05) is 11.1 Å². The molecule has 38 heavy (non-hydrogen) atoms.